The van der Waals surface area contributed by atoms with Crippen LogP contribution >= 0.6 is 12.4 Å². The first kappa shape index (κ1) is 21.2. The van der Waals surface area contributed by atoms with E-state index in [1.807, 2.05) is 0 Å². The number of rotatable bonds is 4. The third-order valence-electron chi connectivity index (χ3n) is 4.52. The Morgan fingerprint density at radius 1 is 1.11 bits per heavy atom. The average Bonchev–Trinajstić information content (AvgIpc) is 3.04. The highest BCUT2D eigenvalue weighted by Gasteiger charge is 2.30. The summed E-state index contributed by atoms with van der Waals surface area (Å²) in [5, 5.41) is 15.6. The molecular formula is C19H20ClF3N2O2. The molecule has 1 aliphatic rings. The Morgan fingerprint density at radius 2 is 1.78 bits per heavy atom. The molecule has 0 radical (unpaired) electrons. The molecule has 3 rings (SSSR count). The second kappa shape index (κ2) is 8.73. The second-order valence-corrected chi connectivity index (χ2v) is 6.32. The molecule has 1 amide bonds. The van der Waals surface area contributed by atoms with E-state index in [-0.39, 0.29) is 24.2 Å². The lowest BCUT2D eigenvalue weighted by Gasteiger charge is -2.16. The maximum absolute atomic E-state index is 12.7. The zero-order valence-electron chi connectivity index (χ0n) is 14.3. The molecule has 0 aliphatic carbocycles. The Bertz CT molecular complexity index is 781. The first-order chi connectivity index (χ1) is 12.4. The van der Waals surface area contributed by atoms with Crippen LogP contribution in [0.2, 0.25) is 0 Å². The van der Waals surface area contributed by atoms with Crippen LogP contribution in [-0.2, 0) is 6.18 Å². The highest BCUT2D eigenvalue weighted by Crippen LogP contribution is 2.31. The van der Waals surface area contributed by atoms with Crippen molar-refractivity contribution in [2.45, 2.75) is 12.3 Å². The predicted octanol–water partition coefficient (Wildman–Crippen LogP) is 3.10. The molecule has 4 nitrogen and oxygen atoms in total. The lowest BCUT2D eigenvalue weighted by Crippen LogP contribution is -2.34. The van der Waals surface area contributed by atoms with Gasteiger partial charge in [0.05, 0.1) is 11.7 Å². The molecule has 2 aromatic rings. The highest BCUT2D eigenvalue weighted by atomic mass is 35.5. The molecule has 2 unspecified atom stereocenters. The molecule has 1 heterocycles. The Balaban J connectivity index is 0.00000261. The molecule has 0 saturated carbocycles. The van der Waals surface area contributed by atoms with Gasteiger partial charge < -0.3 is 15.7 Å². The van der Waals surface area contributed by atoms with Crippen molar-refractivity contribution in [1.29, 1.82) is 0 Å². The van der Waals surface area contributed by atoms with Gasteiger partial charge in [0.2, 0.25) is 0 Å². The lowest BCUT2D eigenvalue weighted by atomic mass is 9.98. The summed E-state index contributed by atoms with van der Waals surface area (Å²) in [6.07, 6.45) is -4.90. The van der Waals surface area contributed by atoms with E-state index >= 15 is 0 Å². The van der Waals surface area contributed by atoms with Gasteiger partial charge in [0, 0.05) is 31.1 Å². The van der Waals surface area contributed by atoms with Crippen LogP contribution in [0.4, 0.5) is 13.2 Å². The molecule has 2 aromatic carbocycles. The normalized spacial score (nSPS) is 19.4. The Kier molecular flexibility index (Phi) is 6.86. The molecule has 146 valence electrons. The van der Waals surface area contributed by atoms with Gasteiger partial charge in [-0.15, -0.1) is 12.4 Å². The molecule has 2 atom stereocenters. The Hall–Kier alpha value is -2.09. The quantitative estimate of drug-likeness (QED) is 0.739. The molecular weight excluding hydrogens is 381 g/mol. The van der Waals surface area contributed by atoms with Gasteiger partial charge >= 0.3 is 6.18 Å². The van der Waals surface area contributed by atoms with Gasteiger partial charge in [-0.2, -0.15) is 13.2 Å². The zero-order valence-corrected chi connectivity index (χ0v) is 15.1. The number of benzene rings is 2. The van der Waals surface area contributed by atoms with Crippen LogP contribution in [0.5, 0.6) is 0 Å². The van der Waals surface area contributed by atoms with E-state index in [4.69, 9.17) is 0 Å². The fourth-order valence-electron chi connectivity index (χ4n) is 3.02. The fraction of sp³-hybridized carbons (Fsp3) is 0.316. The third-order valence-corrected chi connectivity index (χ3v) is 4.52. The zero-order chi connectivity index (χ0) is 18.7. The van der Waals surface area contributed by atoms with Crippen molar-refractivity contribution in [3.05, 3.63) is 59.7 Å². The van der Waals surface area contributed by atoms with Gasteiger partial charge in [-0.25, -0.2) is 0 Å². The molecule has 1 aliphatic heterocycles. The van der Waals surface area contributed by atoms with Crippen molar-refractivity contribution in [3.63, 3.8) is 0 Å². The number of aliphatic hydroxyl groups excluding tert-OH is 1. The van der Waals surface area contributed by atoms with Crippen LogP contribution in [0.25, 0.3) is 11.1 Å². The maximum Gasteiger partial charge on any atom is 0.416 e. The van der Waals surface area contributed by atoms with E-state index in [0.29, 0.717) is 36.3 Å². The summed E-state index contributed by atoms with van der Waals surface area (Å²) in [6.45, 7) is 1.46. The third kappa shape index (κ3) is 5.00. The molecule has 1 fully saturated rings. The Morgan fingerprint density at radius 3 is 2.37 bits per heavy atom. The number of amides is 1. The van der Waals surface area contributed by atoms with Gasteiger partial charge in [-0.1, -0.05) is 30.3 Å². The fourth-order valence-corrected chi connectivity index (χ4v) is 3.02. The molecule has 0 aromatic heterocycles. The Labute approximate surface area is 161 Å². The first-order valence-electron chi connectivity index (χ1n) is 8.30. The predicted molar refractivity (Wildman–Crippen MR) is 98.8 cm³/mol. The van der Waals surface area contributed by atoms with Crippen LogP contribution in [0, 0.1) is 5.92 Å². The lowest BCUT2D eigenvalue weighted by molar-refractivity contribution is -0.137. The minimum atomic E-state index is -4.40. The van der Waals surface area contributed by atoms with Crippen molar-refractivity contribution in [2.75, 3.05) is 19.6 Å². The number of nitrogens with one attached hydrogen (secondary N) is 2. The molecule has 27 heavy (non-hydrogen) atoms. The summed E-state index contributed by atoms with van der Waals surface area (Å²) in [6, 6.07) is 11.5. The molecule has 8 heteroatoms. The number of hydrogen-bond donors (Lipinski definition) is 3. The van der Waals surface area contributed by atoms with Gasteiger partial charge in [0.15, 0.2) is 0 Å². The van der Waals surface area contributed by atoms with Crippen molar-refractivity contribution >= 4 is 18.3 Å². The number of carbonyl (C=O) groups excluding carboxylic acids is 1. The van der Waals surface area contributed by atoms with Crippen molar-refractivity contribution in [2.24, 2.45) is 5.92 Å². The smallest absolute Gasteiger partial charge is 0.391 e. The molecule has 3 N–H and O–H groups in total. The van der Waals surface area contributed by atoms with Crippen molar-refractivity contribution in [3.8, 4) is 11.1 Å². The number of halogens is 4. The topological polar surface area (TPSA) is 61.4 Å². The summed E-state index contributed by atoms with van der Waals surface area (Å²) in [5.74, 6) is -0.378. The number of carbonyl (C=O) groups is 1. The summed E-state index contributed by atoms with van der Waals surface area (Å²) in [5.41, 5.74) is 0.744. The summed E-state index contributed by atoms with van der Waals surface area (Å²) in [7, 11) is 0. The van der Waals surface area contributed by atoms with E-state index in [1.165, 1.54) is 12.1 Å². The number of hydrogen-bond acceptors (Lipinski definition) is 3. The number of alkyl halides is 3. The van der Waals surface area contributed by atoms with Gasteiger partial charge in [0.1, 0.15) is 0 Å². The minimum Gasteiger partial charge on any atom is -0.391 e. The minimum absolute atomic E-state index is 0. The maximum atomic E-state index is 12.7. The molecule has 1 saturated heterocycles. The van der Waals surface area contributed by atoms with Crippen LogP contribution in [0.15, 0.2) is 48.5 Å². The van der Waals surface area contributed by atoms with E-state index in [1.54, 1.807) is 24.3 Å². The summed E-state index contributed by atoms with van der Waals surface area (Å²) < 4.78 is 38.2. The van der Waals surface area contributed by atoms with Gasteiger partial charge in [-0.3, -0.25) is 4.79 Å². The first-order valence-corrected chi connectivity index (χ1v) is 8.30. The number of β-amino-alcohol motifs (C(OH)–C–C–N with tert-alkyl or cyclic N) is 1. The van der Waals surface area contributed by atoms with E-state index in [0.717, 1.165) is 12.1 Å². The highest BCUT2D eigenvalue weighted by molar-refractivity contribution is 6.00. The van der Waals surface area contributed by atoms with Crippen molar-refractivity contribution < 1.29 is 23.1 Å². The van der Waals surface area contributed by atoms with Crippen LogP contribution in [-0.4, -0.2) is 36.8 Å². The molecule has 0 bridgehead atoms. The van der Waals surface area contributed by atoms with E-state index < -0.39 is 17.8 Å². The monoisotopic (exact) mass is 400 g/mol. The van der Waals surface area contributed by atoms with Crippen LogP contribution < -0.4 is 10.6 Å². The van der Waals surface area contributed by atoms with Crippen LogP contribution in [0.3, 0.4) is 0 Å². The van der Waals surface area contributed by atoms with Gasteiger partial charge in [-0.05, 0) is 29.3 Å². The van der Waals surface area contributed by atoms with E-state index in [9.17, 15) is 23.1 Å². The summed E-state index contributed by atoms with van der Waals surface area (Å²) in [4.78, 5) is 12.5. The number of aliphatic hydroxyl groups is 1. The standard InChI is InChI=1S/C19H19F3N2O2.ClH/c20-19(21,22)14-7-5-12(6-8-14)15-3-1-2-4-16(15)18(26)24-10-13-9-23-11-17(13)25;/h1-8,13,17,23,25H,9-11H2,(H,24,26);1H. The van der Waals surface area contributed by atoms with E-state index in [2.05, 4.69) is 10.6 Å². The SMILES string of the molecule is Cl.O=C(NCC1CNCC1O)c1ccccc1-c1ccc(C(F)(F)F)cc1. The summed E-state index contributed by atoms with van der Waals surface area (Å²) >= 11 is 0. The van der Waals surface area contributed by atoms with Gasteiger partial charge in [0.25, 0.3) is 5.91 Å². The second-order valence-electron chi connectivity index (χ2n) is 6.32. The van der Waals surface area contributed by atoms with Crippen molar-refractivity contribution in [1.82, 2.24) is 10.6 Å². The van der Waals surface area contributed by atoms with Crippen LogP contribution in [0.1, 0.15) is 15.9 Å². The largest absolute Gasteiger partial charge is 0.416 e. The molecule has 0 spiro atoms. The average molecular weight is 401 g/mol.